The molecule has 18 heavy (non-hydrogen) atoms. The smallest absolute Gasteiger partial charge is 0.0234 e. The zero-order valence-electron chi connectivity index (χ0n) is 11.0. The molecule has 1 aromatic carbocycles. The van der Waals surface area contributed by atoms with Crippen LogP contribution in [0.4, 0.5) is 0 Å². The van der Waals surface area contributed by atoms with Gasteiger partial charge in [0.05, 0.1) is 0 Å². The van der Waals surface area contributed by atoms with Crippen molar-refractivity contribution in [2.45, 2.75) is 25.8 Å². The van der Waals surface area contributed by atoms with Gasteiger partial charge in [-0.2, -0.15) is 0 Å². The minimum atomic E-state index is 0.916. The van der Waals surface area contributed by atoms with Gasteiger partial charge in [0.2, 0.25) is 0 Å². The van der Waals surface area contributed by atoms with E-state index in [-0.39, 0.29) is 0 Å². The highest BCUT2D eigenvalue weighted by molar-refractivity contribution is 5.35. The molecule has 2 aliphatic heterocycles. The second-order valence-corrected chi connectivity index (χ2v) is 6.33. The number of hydrogen-bond donors (Lipinski definition) is 1. The third kappa shape index (κ3) is 1.88. The SMILES string of the molecule is c1cc2c(cc1CN1C[C@H]3CNC[C@H]3C1)CCC2. The van der Waals surface area contributed by atoms with Gasteiger partial charge >= 0.3 is 0 Å². The molecule has 2 saturated heterocycles. The molecule has 2 nitrogen and oxygen atoms in total. The lowest BCUT2D eigenvalue weighted by Crippen LogP contribution is -2.25. The number of hydrogen-bond acceptors (Lipinski definition) is 2. The molecule has 0 aromatic heterocycles. The molecule has 0 bridgehead atoms. The van der Waals surface area contributed by atoms with Crippen LogP contribution in [0.5, 0.6) is 0 Å². The zero-order chi connectivity index (χ0) is 11.9. The van der Waals surface area contributed by atoms with Gasteiger partial charge in [0, 0.05) is 19.6 Å². The van der Waals surface area contributed by atoms with Crippen molar-refractivity contribution >= 4 is 0 Å². The highest BCUT2D eigenvalue weighted by Gasteiger charge is 2.35. The summed E-state index contributed by atoms with van der Waals surface area (Å²) in [5.41, 5.74) is 4.75. The van der Waals surface area contributed by atoms with Crippen molar-refractivity contribution in [2.24, 2.45) is 11.8 Å². The average molecular weight is 242 g/mol. The Bertz CT molecular complexity index is 442. The van der Waals surface area contributed by atoms with E-state index in [1.165, 1.54) is 57.5 Å². The topological polar surface area (TPSA) is 15.3 Å². The van der Waals surface area contributed by atoms with Gasteiger partial charge in [-0.05, 0) is 60.9 Å². The Morgan fingerprint density at radius 3 is 2.67 bits per heavy atom. The quantitative estimate of drug-likeness (QED) is 0.851. The maximum atomic E-state index is 3.52. The third-order valence-corrected chi connectivity index (χ3v) is 5.03. The number of benzene rings is 1. The molecule has 1 aliphatic carbocycles. The highest BCUT2D eigenvalue weighted by Crippen LogP contribution is 2.28. The van der Waals surface area contributed by atoms with E-state index in [1.54, 1.807) is 11.1 Å². The van der Waals surface area contributed by atoms with Crippen molar-refractivity contribution < 1.29 is 0 Å². The molecule has 0 radical (unpaired) electrons. The number of nitrogens with one attached hydrogen (secondary N) is 1. The predicted molar refractivity (Wildman–Crippen MR) is 73.6 cm³/mol. The van der Waals surface area contributed by atoms with Crippen LogP contribution in [0.1, 0.15) is 23.1 Å². The molecule has 1 N–H and O–H groups in total. The summed E-state index contributed by atoms with van der Waals surface area (Å²) in [5.74, 6) is 1.83. The number of fused-ring (bicyclic) bond motifs is 2. The van der Waals surface area contributed by atoms with E-state index in [0.29, 0.717) is 0 Å². The van der Waals surface area contributed by atoms with Crippen LogP contribution < -0.4 is 5.32 Å². The maximum absolute atomic E-state index is 3.52. The van der Waals surface area contributed by atoms with Crippen molar-refractivity contribution in [1.29, 1.82) is 0 Å². The summed E-state index contributed by atoms with van der Waals surface area (Å²) >= 11 is 0. The van der Waals surface area contributed by atoms with Crippen LogP contribution in [0.3, 0.4) is 0 Å². The van der Waals surface area contributed by atoms with E-state index in [4.69, 9.17) is 0 Å². The maximum Gasteiger partial charge on any atom is 0.0234 e. The summed E-state index contributed by atoms with van der Waals surface area (Å²) < 4.78 is 0. The number of rotatable bonds is 2. The Morgan fingerprint density at radius 2 is 1.83 bits per heavy atom. The first kappa shape index (κ1) is 11.0. The molecule has 1 aromatic rings. The summed E-state index contributed by atoms with van der Waals surface area (Å²) in [6.45, 7) is 6.25. The van der Waals surface area contributed by atoms with Gasteiger partial charge in [-0.1, -0.05) is 18.2 Å². The van der Waals surface area contributed by atoms with Crippen molar-refractivity contribution in [2.75, 3.05) is 26.2 Å². The molecule has 2 heteroatoms. The molecule has 4 rings (SSSR count). The van der Waals surface area contributed by atoms with Gasteiger partial charge < -0.3 is 5.32 Å². The number of aryl methyl sites for hydroxylation is 2. The van der Waals surface area contributed by atoms with Crippen molar-refractivity contribution in [1.82, 2.24) is 10.2 Å². The van der Waals surface area contributed by atoms with Gasteiger partial charge in [-0.3, -0.25) is 4.90 Å². The van der Waals surface area contributed by atoms with Crippen LogP contribution in [-0.4, -0.2) is 31.1 Å². The second-order valence-electron chi connectivity index (χ2n) is 6.33. The van der Waals surface area contributed by atoms with Gasteiger partial charge in [0.1, 0.15) is 0 Å². The number of likely N-dealkylation sites (tertiary alicyclic amines) is 1. The highest BCUT2D eigenvalue weighted by atomic mass is 15.2. The lowest BCUT2D eigenvalue weighted by molar-refractivity contribution is 0.305. The van der Waals surface area contributed by atoms with E-state index in [0.717, 1.165) is 11.8 Å². The Labute approximate surface area is 109 Å². The Hall–Kier alpha value is -0.860. The summed E-state index contributed by atoms with van der Waals surface area (Å²) in [6, 6.07) is 7.20. The second kappa shape index (κ2) is 4.36. The van der Waals surface area contributed by atoms with Gasteiger partial charge in [-0.15, -0.1) is 0 Å². The first-order chi connectivity index (χ1) is 8.88. The Kier molecular flexibility index (Phi) is 2.66. The molecule has 2 atom stereocenters. The molecule has 96 valence electrons. The Balaban J connectivity index is 1.46. The molecular formula is C16H22N2. The molecule has 0 unspecified atom stereocenters. The molecule has 0 saturated carbocycles. The summed E-state index contributed by atoms with van der Waals surface area (Å²) in [5, 5.41) is 3.52. The van der Waals surface area contributed by atoms with E-state index >= 15 is 0 Å². The van der Waals surface area contributed by atoms with Gasteiger partial charge in [0.25, 0.3) is 0 Å². The van der Waals surface area contributed by atoms with Crippen molar-refractivity contribution in [3.8, 4) is 0 Å². The largest absolute Gasteiger partial charge is 0.316 e. The first-order valence-corrected chi connectivity index (χ1v) is 7.42. The standard InChI is InChI=1S/C16H22N2/c1-2-13-5-4-12(6-14(13)3-1)9-18-10-15-7-17-8-16(15)11-18/h4-6,15-17H,1-3,7-11H2/t15-,16+. The molecule has 2 heterocycles. The third-order valence-electron chi connectivity index (χ3n) is 5.03. The summed E-state index contributed by atoms with van der Waals surface area (Å²) in [7, 11) is 0. The van der Waals surface area contributed by atoms with Crippen molar-refractivity contribution in [3.63, 3.8) is 0 Å². The van der Waals surface area contributed by atoms with E-state index in [9.17, 15) is 0 Å². The minimum Gasteiger partial charge on any atom is -0.316 e. The predicted octanol–water partition coefficient (Wildman–Crippen LogP) is 1.83. The van der Waals surface area contributed by atoms with Crippen molar-refractivity contribution in [3.05, 3.63) is 34.9 Å². The fraction of sp³-hybridized carbons (Fsp3) is 0.625. The zero-order valence-corrected chi connectivity index (χ0v) is 11.0. The average Bonchev–Trinajstić information content (AvgIpc) is 3.02. The van der Waals surface area contributed by atoms with E-state index in [1.807, 2.05) is 0 Å². The van der Waals surface area contributed by atoms with Crippen LogP contribution >= 0.6 is 0 Å². The van der Waals surface area contributed by atoms with Crippen LogP contribution in [0, 0.1) is 11.8 Å². The normalized spacial score (nSPS) is 30.7. The fourth-order valence-corrected chi connectivity index (χ4v) is 4.06. The van der Waals surface area contributed by atoms with E-state index in [2.05, 4.69) is 28.4 Å². The molecular weight excluding hydrogens is 220 g/mol. The summed E-state index contributed by atoms with van der Waals surface area (Å²) in [4.78, 5) is 2.66. The molecule has 0 spiro atoms. The van der Waals surface area contributed by atoms with Crippen LogP contribution in [0.2, 0.25) is 0 Å². The minimum absolute atomic E-state index is 0.916. The van der Waals surface area contributed by atoms with Gasteiger partial charge in [0.15, 0.2) is 0 Å². The monoisotopic (exact) mass is 242 g/mol. The van der Waals surface area contributed by atoms with Crippen LogP contribution in [0.25, 0.3) is 0 Å². The lowest BCUT2D eigenvalue weighted by atomic mass is 10.0. The van der Waals surface area contributed by atoms with E-state index < -0.39 is 0 Å². The molecule has 2 fully saturated rings. The fourth-order valence-electron chi connectivity index (χ4n) is 4.06. The van der Waals surface area contributed by atoms with Crippen LogP contribution in [0.15, 0.2) is 18.2 Å². The van der Waals surface area contributed by atoms with Gasteiger partial charge in [-0.25, -0.2) is 0 Å². The molecule has 3 aliphatic rings. The number of nitrogens with zero attached hydrogens (tertiary/aromatic N) is 1. The lowest BCUT2D eigenvalue weighted by Gasteiger charge is -2.17. The Morgan fingerprint density at radius 1 is 1.06 bits per heavy atom. The summed E-state index contributed by atoms with van der Waals surface area (Å²) in [6.07, 6.45) is 3.96. The van der Waals surface area contributed by atoms with Crippen LogP contribution in [-0.2, 0) is 19.4 Å². The first-order valence-electron chi connectivity index (χ1n) is 7.42. The molecule has 0 amide bonds.